The molecule has 0 aliphatic rings. The predicted molar refractivity (Wildman–Crippen MR) is 82.0 cm³/mol. The first-order valence-corrected chi connectivity index (χ1v) is 6.85. The summed E-state index contributed by atoms with van der Waals surface area (Å²) in [5, 5.41) is 14.3. The van der Waals surface area contributed by atoms with Crippen LogP contribution in [0.4, 0.5) is 5.69 Å². The lowest BCUT2D eigenvalue weighted by Crippen LogP contribution is -2.44. The fourth-order valence-electron chi connectivity index (χ4n) is 1.93. The predicted octanol–water partition coefficient (Wildman–Crippen LogP) is 0.740. The molecule has 1 heterocycles. The maximum absolute atomic E-state index is 11.9. The average molecular weight is 299 g/mol. The van der Waals surface area contributed by atoms with Crippen molar-refractivity contribution >= 4 is 17.5 Å². The van der Waals surface area contributed by atoms with Crippen LogP contribution in [0.15, 0.2) is 54.9 Å². The smallest absolute Gasteiger partial charge is 0.313 e. The summed E-state index contributed by atoms with van der Waals surface area (Å²) in [6, 6.07) is 12.1. The maximum Gasteiger partial charge on any atom is 0.313 e. The van der Waals surface area contributed by atoms with E-state index in [9.17, 15) is 14.7 Å². The highest BCUT2D eigenvalue weighted by molar-refractivity contribution is 6.39. The molecular formula is C16H17N3O3. The molecule has 0 fully saturated rings. The van der Waals surface area contributed by atoms with Crippen molar-refractivity contribution in [3.8, 4) is 0 Å². The van der Waals surface area contributed by atoms with E-state index in [0.29, 0.717) is 12.1 Å². The number of hydrogen-bond donors (Lipinski definition) is 3. The number of nitrogens with one attached hydrogen (secondary N) is 2. The first kappa shape index (κ1) is 15.7. The molecule has 0 aliphatic heterocycles. The van der Waals surface area contributed by atoms with Gasteiger partial charge < -0.3 is 15.7 Å². The van der Waals surface area contributed by atoms with Crippen LogP contribution >= 0.6 is 0 Å². The van der Waals surface area contributed by atoms with Gasteiger partial charge in [-0.1, -0.05) is 30.3 Å². The van der Waals surface area contributed by atoms with E-state index in [2.05, 4.69) is 15.6 Å². The van der Waals surface area contributed by atoms with Gasteiger partial charge >= 0.3 is 11.8 Å². The van der Waals surface area contributed by atoms with Crippen molar-refractivity contribution in [2.75, 3.05) is 11.9 Å². The van der Waals surface area contributed by atoms with Crippen molar-refractivity contribution in [3.05, 3.63) is 60.4 Å². The highest BCUT2D eigenvalue weighted by atomic mass is 16.3. The molecule has 0 saturated carbocycles. The zero-order valence-corrected chi connectivity index (χ0v) is 11.9. The van der Waals surface area contributed by atoms with Crippen molar-refractivity contribution in [2.24, 2.45) is 0 Å². The summed E-state index contributed by atoms with van der Waals surface area (Å²) in [7, 11) is 0. The summed E-state index contributed by atoms with van der Waals surface area (Å²) >= 11 is 0. The molecule has 114 valence electrons. The molecule has 22 heavy (non-hydrogen) atoms. The van der Waals surface area contributed by atoms with Crippen LogP contribution in [-0.2, 0) is 16.0 Å². The molecule has 2 aromatic rings. The number of rotatable bonds is 5. The minimum absolute atomic E-state index is 0.247. The maximum atomic E-state index is 11.9. The fourth-order valence-corrected chi connectivity index (χ4v) is 1.93. The molecule has 6 nitrogen and oxygen atoms in total. The number of carbonyl (C=O) groups is 2. The first-order valence-electron chi connectivity index (χ1n) is 6.85. The Balaban J connectivity index is 1.90. The minimum Gasteiger partial charge on any atom is -0.394 e. The SMILES string of the molecule is O=C(Nc1ccncc1)C(=O)N[C@@H](CO)Cc1ccccc1. The Hall–Kier alpha value is -2.73. The van der Waals surface area contributed by atoms with E-state index in [0.717, 1.165) is 5.56 Å². The van der Waals surface area contributed by atoms with Gasteiger partial charge in [-0.05, 0) is 24.1 Å². The van der Waals surface area contributed by atoms with E-state index >= 15 is 0 Å². The Morgan fingerprint density at radius 3 is 2.36 bits per heavy atom. The van der Waals surface area contributed by atoms with Crippen LogP contribution in [0.25, 0.3) is 0 Å². The second kappa shape index (κ2) is 7.90. The number of aromatic nitrogens is 1. The summed E-state index contributed by atoms with van der Waals surface area (Å²) in [6.45, 7) is -0.247. The molecular weight excluding hydrogens is 282 g/mol. The average Bonchev–Trinajstić information content (AvgIpc) is 2.56. The van der Waals surface area contributed by atoms with Crippen LogP contribution in [0.2, 0.25) is 0 Å². The third-order valence-corrected chi connectivity index (χ3v) is 3.02. The number of aliphatic hydroxyl groups excluding tert-OH is 1. The van der Waals surface area contributed by atoms with E-state index in [4.69, 9.17) is 0 Å². The second-order valence-corrected chi connectivity index (χ2v) is 4.73. The topological polar surface area (TPSA) is 91.3 Å². The zero-order valence-electron chi connectivity index (χ0n) is 11.9. The number of carbonyl (C=O) groups excluding carboxylic acids is 2. The molecule has 3 N–H and O–H groups in total. The van der Waals surface area contributed by atoms with Gasteiger partial charge in [-0.2, -0.15) is 0 Å². The lowest BCUT2D eigenvalue weighted by molar-refractivity contribution is -0.136. The lowest BCUT2D eigenvalue weighted by atomic mass is 10.1. The Bertz CT molecular complexity index is 617. The van der Waals surface area contributed by atoms with Crippen LogP contribution in [-0.4, -0.2) is 34.6 Å². The molecule has 1 aromatic carbocycles. The normalized spacial score (nSPS) is 11.5. The molecule has 0 radical (unpaired) electrons. The van der Waals surface area contributed by atoms with Gasteiger partial charge in [0.2, 0.25) is 0 Å². The van der Waals surface area contributed by atoms with E-state index in [1.54, 1.807) is 12.1 Å². The molecule has 0 bridgehead atoms. The molecule has 0 unspecified atom stereocenters. The van der Waals surface area contributed by atoms with Gasteiger partial charge in [0.15, 0.2) is 0 Å². The van der Waals surface area contributed by atoms with E-state index in [1.165, 1.54) is 12.4 Å². The number of nitrogens with zero attached hydrogens (tertiary/aromatic N) is 1. The molecule has 1 atom stereocenters. The van der Waals surface area contributed by atoms with E-state index < -0.39 is 17.9 Å². The Kier molecular flexibility index (Phi) is 5.62. The number of hydrogen-bond acceptors (Lipinski definition) is 4. The molecule has 2 rings (SSSR count). The van der Waals surface area contributed by atoms with Crippen molar-refractivity contribution in [1.82, 2.24) is 10.3 Å². The summed E-state index contributed by atoms with van der Waals surface area (Å²) in [5.41, 5.74) is 1.45. The van der Waals surface area contributed by atoms with Crippen molar-refractivity contribution in [2.45, 2.75) is 12.5 Å². The molecule has 0 saturated heterocycles. The van der Waals surface area contributed by atoms with Crippen LogP contribution < -0.4 is 10.6 Å². The Morgan fingerprint density at radius 1 is 1.05 bits per heavy atom. The Labute approximate surface area is 128 Å². The van der Waals surface area contributed by atoms with Gasteiger partial charge in [0.1, 0.15) is 0 Å². The third kappa shape index (κ3) is 4.68. The molecule has 0 aliphatic carbocycles. The molecule has 2 amide bonds. The minimum atomic E-state index is -0.785. The third-order valence-electron chi connectivity index (χ3n) is 3.02. The quantitative estimate of drug-likeness (QED) is 0.710. The standard InChI is InChI=1S/C16H17N3O3/c20-11-14(10-12-4-2-1-3-5-12)19-16(22)15(21)18-13-6-8-17-9-7-13/h1-9,14,20H,10-11H2,(H,19,22)(H,17,18,21)/t14-/m1/s1. The highest BCUT2D eigenvalue weighted by Gasteiger charge is 2.18. The number of aliphatic hydroxyl groups is 1. The number of anilines is 1. The molecule has 0 spiro atoms. The largest absolute Gasteiger partial charge is 0.394 e. The van der Waals surface area contributed by atoms with Gasteiger partial charge in [0, 0.05) is 18.1 Å². The summed E-state index contributed by atoms with van der Waals surface area (Å²) in [6.07, 6.45) is 3.48. The van der Waals surface area contributed by atoms with Gasteiger partial charge in [0.25, 0.3) is 0 Å². The zero-order chi connectivity index (χ0) is 15.8. The monoisotopic (exact) mass is 299 g/mol. The Morgan fingerprint density at radius 2 is 1.73 bits per heavy atom. The van der Waals surface area contributed by atoms with Crippen molar-refractivity contribution < 1.29 is 14.7 Å². The van der Waals surface area contributed by atoms with E-state index in [-0.39, 0.29) is 6.61 Å². The second-order valence-electron chi connectivity index (χ2n) is 4.73. The lowest BCUT2D eigenvalue weighted by Gasteiger charge is -2.16. The summed E-state index contributed by atoms with van der Waals surface area (Å²) < 4.78 is 0. The summed E-state index contributed by atoms with van der Waals surface area (Å²) in [4.78, 5) is 27.5. The van der Waals surface area contributed by atoms with Gasteiger partial charge in [0.05, 0.1) is 12.6 Å². The van der Waals surface area contributed by atoms with Crippen molar-refractivity contribution in [3.63, 3.8) is 0 Å². The van der Waals surface area contributed by atoms with Crippen LogP contribution in [0.3, 0.4) is 0 Å². The summed E-state index contributed by atoms with van der Waals surface area (Å²) in [5.74, 6) is -1.57. The van der Waals surface area contributed by atoms with Gasteiger partial charge in [-0.3, -0.25) is 14.6 Å². The van der Waals surface area contributed by atoms with E-state index in [1.807, 2.05) is 30.3 Å². The van der Waals surface area contributed by atoms with Crippen LogP contribution in [0, 0.1) is 0 Å². The fraction of sp³-hybridized carbons (Fsp3) is 0.188. The van der Waals surface area contributed by atoms with Gasteiger partial charge in [-0.15, -0.1) is 0 Å². The number of pyridine rings is 1. The molecule has 1 aromatic heterocycles. The van der Waals surface area contributed by atoms with Crippen LogP contribution in [0.1, 0.15) is 5.56 Å². The number of benzene rings is 1. The van der Waals surface area contributed by atoms with Gasteiger partial charge in [-0.25, -0.2) is 0 Å². The first-order chi connectivity index (χ1) is 10.7. The number of amides is 2. The van der Waals surface area contributed by atoms with Crippen LogP contribution in [0.5, 0.6) is 0 Å². The highest BCUT2D eigenvalue weighted by Crippen LogP contribution is 2.04. The molecule has 6 heteroatoms. The van der Waals surface area contributed by atoms with Crippen molar-refractivity contribution in [1.29, 1.82) is 0 Å².